The van der Waals surface area contributed by atoms with Gasteiger partial charge in [0.1, 0.15) is 5.01 Å². The minimum Gasteiger partial charge on any atom is -0.378 e. The fraction of sp³-hybridized carbons (Fsp3) is 0.222. The monoisotopic (exact) mass is 351 g/mol. The Morgan fingerprint density at radius 3 is 2.88 bits per heavy atom. The number of hydrogen-bond acceptors (Lipinski definition) is 7. The predicted octanol–water partition coefficient (Wildman–Crippen LogP) is 2.93. The van der Waals surface area contributed by atoms with Crippen LogP contribution in [-0.4, -0.2) is 52.5 Å². The Balaban J connectivity index is 1.53. The maximum Gasteiger partial charge on any atom is 0.125 e. The second-order valence-corrected chi connectivity index (χ2v) is 6.56. The minimum absolute atomic E-state index is 0.725. The van der Waals surface area contributed by atoms with Crippen LogP contribution in [0.2, 0.25) is 0 Å². The molecule has 0 spiro atoms. The standard InChI is InChI=1S/C18H17N5OS/c1-4-15(12-21-23-7-9-24-10-8-23)22-16(5-1)17-13-20-18(25-17)14-3-2-6-19-11-14/h1-6,11-13H,7-10H2/b21-12+. The zero-order chi connectivity index (χ0) is 16.9. The summed E-state index contributed by atoms with van der Waals surface area (Å²) in [6.45, 7) is 3.09. The number of hydrogen-bond donors (Lipinski definition) is 0. The fourth-order valence-corrected chi connectivity index (χ4v) is 3.36. The Kier molecular flexibility index (Phi) is 4.76. The molecule has 3 aromatic heterocycles. The molecule has 0 unspecified atom stereocenters. The van der Waals surface area contributed by atoms with Crippen molar-refractivity contribution in [2.24, 2.45) is 5.10 Å². The van der Waals surface area contributed by atoms with E-state index in [0.717, 1.165) is 53.1 Å². The van der Waals surface area contributed by atoms with Gasteiger partial charge in [0.05, 0.1) is 48.8 Å². The highest BCUT2D eigenvalue weighted by molar-refractivity contribution is 7.18. The molecule has 0 radical (unpaired) electrons. The Morgan fingerprint density at radius 2 is 2.04 bits per heavy atom. The molecular weight excluding hydrogens is 334 g/mol. The molecule has 0 bridgehead atoms. The molecule has 0 atom stereocenters. The fourth-order valence-electron chi connectivity index (χ4n) is 2.49. The summed E-state index contributed by atoms with van der Waals surface area (Å²) < 4.78 is 5.33. The van der Waals surface area contributed by atoms with Gasteiger partial charge in [0.25, 0.3) is 0 Å². The highest BCUT2D eigenvalue weighted by Crippen LogP contribution is 2.30. The summed E-state index contributed by atoms with van der Waals surface area (Å²) in [6, 6.07) is 9.86. The second-order valence-electron chi connectivity index (χ2n) is 5.53. The first kappa shape index (κ1) is 15.9. The summed E-state index contributed by atoms with van der Waals surface area (Å²) in [5.41, 5.74) is 2.75. The Morgan fingerprint density at radius 1 is 1.12 bits per heavy atom. The van der Waals surface area contributed by atoms with Crippen molar-refractivity contribution in [3.63, 3.8) is 0 Å². The number of thiazole rings is 1. The van der Waals surface area contributed by atoms with Crippen LogP contribution >= 0.6 is 11.3 Å². The van der Waals surface area contributed by atoms with Crippen molar-refractivity contribution in [1.29, 1.82) is 0 Å². The normalized spacial score (nSPS) is 15.0. The van der Waals surface area contributed by atoms with Gasteiger partial charge in [-0.05, 0) is 24.3 Å². The van der Waals surface area contributed by atoms with Crippen molar-refractivity contribution >= 4 is 17.6 Å². The SMILES string of the molecule is C(=N\N1CCOCC1)/c1cccc(-c2cnc(-c3cccnc3)s2)n1. The van der Waals surface area contributed by atoms with E-state index >= 15 is 0 Å². The summed E-state index contributed by atoms with van der Waals surface area (Å²) >= 11 is 1.61. The molecule has 7 heteroatoms. The molecule has 0 aromatic carbocycles. The van der Waals surface area contributed by atoms with Gasteiger partial charge in [-0.1, -0.05) is 6.07 Å². The van der Waals surface area contributed by atoms with E-state index in [9.17, 15) is 0 Å². The van der Waals surface area contributed by atoms with Crippen molar-refractivity contribution in [2.75, 3.05) is 26.3 Å². The van der Waals surface area contributed by atoms with Crippen LogP contribution in [-0.2, 0) is 4.74 Å². The topological polar surface area (TPSA) is 63.5 Å². The molecular formula is C18H17N5OS. The summed E-state index contributed by atoms with van der Waals surface area (Å²) in [6.07, 6.45) is 7.24. The molecule has 25 heavy (non-hydrogen) atoms. The number of nitrogens with zero attached hydrogens (tertiary/aromatic N) is 5. The van der Waals surface area contributed by atoms with Crippen LogP contribution in [0.5, 0.6) is 0 Å². The molecule has 0 saturated carbocycles. The smallest absolute Gasteiger partial charge is 0.125 e. The van der Waals surface area contributed by atoms with E-state index in [1.807, 2.05) is 47.7 Å². The van der Waals surface area contributed by atoms with Gasteiger partial charge < -0.3 is 4.74 Å². The van der Waals surface area contributed by atoms with E-state index in [1.54, 1.807) is 23.7 Å². The van der Waals surface area contributed by atoms with Crippen LogP contribution < -0.4 is 0 Å². The molecule has 4 heterocycles. The van der Waals surface area contributed by atoms with Crippen molar-refractivity contribution in [3.8, 4) is 21.1 Å². The Hall–Kier alpha value is -2.64. The molecule has 1 aliphatic rings. The molecule has 1 aliphatic heterocycles. The summed E-state index contributed by atoms with van der Waals surface area (Å²) in [5, 5.41) is 7.43. The lowest BCUT2D eigenvalue weighted by molar-refractivity contribution is 0.0396. The van der Waals surface area contributed by atoms with Gasteiger partial charge in [-0.15, -0.1) is 11.3 Å². The first-order chi connectivity index (χ1) is 12.4. The lowest BCUT2D eigenvalue weighted by Crippen LogP contribution is -2.32. The van der Waals surface area contributed by atoms with E-state index in [2.05, 4.69) is 20.1 Å². The predicted molar refractivity (Wildman–Crippen MR) is 98.6 cm³/mol. The highest BCUT2D eigenvalue weighted by atomic mass is 32.1. The number of ether oxygens (including phenoxy) is 1. The van der Waals surface area contributed by atoms with Gasteiger partial charge >= 0.3 is 0 Å². The maximum atomic E-state index is 5.33. The third-order valence-corrected chi connectivity index (χ3v) is 4.85. The van der Waals surface area contributed by atoms with Crippen LogP contribution in [0.15, 0.2) is 54.0 Å². The maximum absolute atomic E-state index is 5.33. The molecule has 1 saturated heterocycles. The number of rotatable bonds is 4. The van der Waals surface area contributed by atoms with Crippen molar-refractivity contribution < 1.29 is 4.74 Å². The van der Waals surface area contributed by atoms with Gasteiger partial charge in [0, 0.05) is 24.2 Å². The average Bonchev–Trinajstić information content (AvgIpc) is 3.18. The molecule has 0 aliphatic carbocycles. The third kappa shape index (κ3) is 3.89. The van der Waals surface area contributed by atoms with Crippen molar-refractivity contribution in [1.82, 2.24) is 20.0 Å². The van der Waals surface area contributed by atoms with E-state index in [1.165, 1.54) is 0 Å². The molecule has 3 aromatic rings. The summed E-state index contributed by atoms with van der Waals surface area (Å²) in [5.74, 6) is 0. The van der Waals surface area contributed by atoms with Gasteiger partial charge in [0.2, 0.25) is 0 Å². The number of aromatic nitrogens is 3. The summed E-state index contributed by atoms with van der Waals surface area (Å²) in [4.78, 5) is 14.4. The van der Waals surface area contributed by atoms with E-state index in [4.69, 9.17) is 4.74 Å². The molecule has 4 rings (SSSR count). The van der Waals surface area contributed by atoms with Gasteiger partial charge in [-0.3, -0.25) is 9.99 Å². The first-order valence-corrected chi connectivity index (χ1v) is 8.90. The van der Waals surface area contributed by atoms with E-state index in [-0.39, 0.29) is 0 Å². The third-order valence-electron chi connectivity index (χ3n) is 3.78. The Labute approximate surface area is 149 Å². The van der Waals surface area contributed by atoms with Crippen molar-refractivity contribution in [2.45, 2.75) is 0 Å². The molecule has 6 nitrogen and oxygen atoms in total. The Bertz CT molecular complexity index is 859. The van der Waals surface area contributed by atoms with Gasteiger partial charge in [-0.2, -0.15) is 5.10 Å². The molecule has 1 fully saturated rings. The first-order valence-electron chi connectivity index (χ1n) is 8.09. The van der Waals surface area contributed by atoms with Crippen LogP contribution in [0, 0.1) is 0 Å². The molecule has 0 amide bonds. The van der Waals surface area contributed by atoms with Gasteiger partial charge in [0.15, 0.2) is 0 Å². The largest absolute Gasteiger partial charge is 0.378 e. The highest BCUT2D eigenvalue weighted by Gasteiger charge is 2.09. The van der Waals surface area contributed by atoms with Crippen LogP contribution in [0.25, 0.3) is 21.1 Å². The minimum atomic E-state index is 0.725. The van der Waals surface area contributed by atoms with E-state index < -0.39 is 0 Å². The lowest BCUT2D eigenvalue weighted by atomic mass is 10.3. The summed E-state index contributed by atoms with van der Waals surface area (Å²) in [7, 11) is 0. The zero-order valence-corrected chi connectivity index (χ0v) is 14.4. The van der Waals surface area contributed by atoms with Crippen LogP contribution in [0.3, 0.4) is 0 Å². The number of hydrazone groups is 1. The van der Waals surface area contributed by atoms with Crippen molar-refractivity contribution in [3.05, 3.63) is 54.6 Å². The molecule has 126 valence electrons. The van der Waals surface area contributed by atoms with Crippen LogP contribution in [0.1, 0.15) is 5.69 Å². The van der Waals surface area contributed by atoms with Crippen LogP contribution in [0.4, 0.5) is 0 Å². The number of morpholine rings is 1. The zero-order valence-electron chi connectivity index (χ0n) is 13.6. The number of pyridine rings is 2. The molecule has 0 N–H and O–H groups in total. The second kappa shape index (κ2) is 7.50. The average molecular weight is 351 g/mol. The lowest BCUT2D eigenvalue weighted by Gasteiger charge is -2.23. The van der Waals surface area contributed by atoms with E-state index in [0.29, 0.717) is 0 Å². The quantitative estimate of drug-likeness (QED) is 0.676. The van der Waals surface area contributed by atoms with Gasteiger partial charge in [-0.25, -0.2) is 9.97 Å².